The van der Waals surface area contributed by atoms with Gasteiger partial charge in [0.1, 0.15) is 0 Å². The van der Waals surface area contributed by atoms with Gasteiger partial charge in [-0.3, -0.25) is 14.2 Å². The first kappa shape index (κ1) is 18.5. The van der Waals surface area contributed by atoms with Crippen LogP contribution >= 0.6 is 23.2 Å². The van der Waals surface area contributed by atoms with E-state index in [1.807, 2.05) is 42.8 Å². The summed E-state index contributed by atoms with van der Waals surface area (Å²) in [6.45, 7) is 4.87. The first-order chi connectivity index (χ1) is 12.4. The van der Waals surface area contributed by atoms with E-state index in [2.05, 4.69) is 15.5 Å². The minimum atomic E-state index is -0.0925. The smallest absolute Gasteiger partial charge is 0.226 e. The van der Waals surface area contributed by atoms with Gasteiger partial charge in [0.2, 0.25) is 5.91 Å². The molecule has 1 amide bonds. The van der Waals surface area contributed by atoms with Crippen LogP contribution in [0.4, 0.5) is 5.69 Å². The van der Waals surface area contributed by atoms with Crippen molar-refractivity contribution in [2.24, 2.45) is 0 Å². The number of aryl methyl sites for hydroxylation is 2. The summed E-state index contributed by atoms with van der Waals surface area (Å²) >= 11 is 11.9. The van der Waals surface area contributed by atoms with Crippen LogP contribution in [0.1, 0.15) is 23.4 Å². The van der Waals surface area contributed by atoms with E-state index in [1.54, 1.807) is 17.1 Å². The molecule has 0 unspecified atom stereocenters. The van der Waals surface area contributed by atoms with Crippen molar-refractivity contribution in [3.05, 3.63) is 63.7 Å². The maximum absolute atomic E-state index is 12.3. The first-order valence-corrected chi connectivity index (χ1v) is 8.94. The average Bonchev–Trinajstić information content (AvgIpc) is 3.12. The number of halogens is 2. The number of amides is 1. The van der Waals surface area contributed by atoms with Gasteiger partial charge in [-0.15, -0.1) is 0 Å². The molecule has 0 aliphatic rings. The number of hydrogen-bond donors (Lipinski definition) is 1. The van der Waals surface area contributed by atoms with Gasteiger partial charge in [0.05, 0.1) is 34.8 Å². The molecule has 3 rings (SSSR count). The molecule has 0 fully saturated rings. The molecule has 0 spiro atoms. The van der Waals surface area contributed by atoms with Crippen LogP contribution in [0.3, 0.4) is 0 Å². The Balaban J connectivity index is 1.66. The third-order valence-electron chi connectivity index (χ3n) is 4.04. The molecule has 0 saturated carbocycles. The van der Waals surface area contributed by atoms with Crippen molar-refractivity contribution < 1.29 is 4.79 Å². The quantitative estimate of drug-likeness (QED) is 0.688. The number of anilines is 1. The Kier molecular flexibility index (Phi) is 5.64. The fraction of sp³-hybridized carbons (Fsp3) is 0.278. The zero-order valence-electron chi connectivity index (χ0n) is 14.5. The number of hydrogen-bond acceptors (Lipinski definition) is 3. The predicted octanol–water partition coefficient (Wildman–Crippen LogP) is 4.08. The second kappa shape index (κ2) is 7.93. The van der Waals surface area contributed by atoms with Crippen LogP contribution in [0.15, 0.2) is 36.7 Å². The molecule has 136 valence electrons. The summed E-state index contributed by atoms with van der Waals surface area (Å²) in [5.74, 6) is -0.0925. The fourth-order valence-electron chi connectivity index (χ4n) is 2.72. The van der Waals surface area contributed by atoms with Gasteiger partial charge in [-0.1, -0.05) is 35.3 Å². The Labute approximate surface area is 161 Å². The average molecular weight is 392 g/mol. The number of nitrogens with one attached hydrogen (secondary N) is 1. The number of benzene rings is 1. The standard InChI is InChI=1S/C18H19Cl2N5O/c1-12-18(22-17(26)6-7-24-11-16(20)9-21-24)13(2)25(23-12)10-14-4-3-5-15(19)8-14/h3-5,8-9,11H,6-7,10H2,1-2H3,(H,22,26). The first-order valence-electron chi connectivity index (χ1n) is 8.18. The van der Waals surface area contributed by atoms with Gasteiger partial charge in [0, 0.05) is 24.2 Å². The van der Waals surface area contributed by atoms with E-state index in [9.17, 15) is 4.79 Å². The van der Waals surface area contributed by atoms with Crippen LogP contribution in [0.5, 0.6) is 0 Å². The normalized spacial score (nSPS) is 10.9. The fourth-order valence-corrected chi connectivity index (χ4v) is 3.09. The van der Waals surface area contributed by atoms with Gasteiger partial charge in [-0.25, -0.2) is 0 Å². The highest BCUT2D eigenvalue weighted by atomic mass is 35.5. The van der Waals surface area contributed by atoms with E-state index in [0.29, 0.717) is 29.6 Å². The molecule has 6 nitrogen and oxygen atoms in total. The molecule has 26 heavy (non-hydrogen) atoms. The molecule has 0 aliphatic heterocycles. The largest absolute Gasteiger partial charge is 0.323 e. The highest BCUT2D eigenvalue weighted by Gasteiger charge is 2.14. The highest BCUT2D eigenvalue weighted by Crippen LogP contribution is 2.21. The Morgan fingerprint density at radius 1 is 1.23 bits per heavy atom. The van der Waals surface area contributed by atoms with Crippen LogP contribution in [0.2, 0.25) is 10.0 Å². The zero-order valence-corrected chi connectivity index (χ0v) is 16.1. The van der Waals surface area contributed by atoms with Gasteiger partial charge < -0.3 is 5.32 Å². The van der Waals surface area contributed by atoms with Crippen LogP contribution in [0.25, 0.3) is 0 Å². The predicted molar refractivity (Wildman–Crippen MR) is 103 cm³/mol. The van der Waals surface area contributed by atoms with Crippen molar-refractivity contribution in [3.63, 3.8) is 0 Å². The molecule has 0 bridgehead atoms. The third kappa shape index (κ3) is 4.45. The Bertz CT molecular complexity index is 932. The van der Waals surface area contributed by atoms with E-state index in [0.717, 1.165) is 22.6 Å². The van der Waals surface area contributed by atoms with Crippen molar-refractivity contribution in [2.75, 3.05) is 5.32 Å². The number of rotatable bonds is 6. The van der Waals surface area contributed by atoms with E-state index in [1.165, 1.54) is 0 Å². The Morgan fingerprint density at radius 3 is 2.73 bits per heavy atom. The van der Waals surface area contributed by atoms with E-state index < -0.39 is 0 Å². The minimum Gasteiger partial charge on any atom is -0.323 e. The maximum Gasteiger partial charge on any atom is 0.226 e. The summed E-state index contributed by atoms with van der Waals surface area (Å²) in [7, 11) is 0. The number of nitrogens with zero attached hydrogens (tertiary/aromatic N) is 4. The molecule has 3 aromatic rings. The van der Waals surface area contributed by atoms with Gasteiger partial charge in [-0.2, -0.15) is 10.2 Å². The third-order valence-corrected chi connectivity index (χ3v) is 4.47. The molecule has 0 radical (unpaired) electrons. The van der Waals surface area contributed by atoms with Crippen LogP contribution < -0.4 is 5.32 Å². The number of carbonyl (C=O) groups is 1. The number of carbonyl (C=O) groups excluding carboxylic acids is 1. The van der Waals surface area contributed by atoms with E-state index in [-0.39, 0.29) is 5.91 Å². The van der Waals surface area contributed by atoms with Gasteiger partial charge >= 0.3 is 0 Å². The van der Waals surface area contributed by atoms with Crippen LogP contribution in [-0.2, 0) is 17.9 Å². The lowest BCUT2D eigenvalue weighted by atomic mass is 10.2. The molecule has 0 aliphatic carbocycles. The monoisotopic (exact) mass is 391 g/mol. The van der Waals surface area contributed by atoms with Crippen molar-refractivity contribution in [1.29, 1.82) is 0 Å². The van der Waals surface area contributed by atoms with E-state index >= 15 is 0 Å². The summed E-state index contributed by atoms with van der Waals surface area (Å²) in [6, 6.07) is 7.65. The number of aromatic nitrogens is 4. The maximum atomic E-state index is 12.3. The lowest BCUT2D eigenvalue weighted by Crippen LogP contribution is -2.15. The summed E-state index contributed by atoms with van der Waals surface area (Å²) in [6.07, 6.45) is 3.54. The van der Waals surface area contributed by atoms with Crippen molar-refractivity contribution in [2.45, 2.75) is 33.4 Å². The second-order valence-electron chi connectivity index (χ2n) is 6.05. The molecule has 0 atom stereocenters. The lowest BCUT2D eigenvalue weighted by Gasteiger charge is -2.08. The lowest BCUT2D eigenvalue weighted by molar-refractivity contribution is -0.116. The summed E-state index contributed by atoms with van der Waals surface area (Å²) in [5.41, 5.74) is 3.48. The van der Waals surface area contributed by atoms with Crippen molar-refractivity contribution in [1.82, 2.24) is 19.6 Å². The van der Waals surface area contributed by atoms with Gasteiger partial charge in [0.15, 0.2) is 0 Å². The van der Waals surface area contributed by atoms with Crippen molar-refractivity contribution >= 4 is 34.8 Å². The van der Waals surface area contributed by atoms with Gasteiger partial charge in [-0.05, 0) is 31.5 Å². The van der Waals surface area contributed by atoms with Crippen LogP contribution in [-0.4, -0.2) is 25.5 Å². The molecule has 8 heteroatoms. The molecule has 1 N–H and O–H groups in total. The molecule has 1 aromatic carbocycles. The Morgan fingerprint density at radius 2 is 2.04 bits per heavy atom. The summed E-state index contributed by atoms with van der Waals surface area (Å²) < 4.78 is 3.51. The second-order valence-corrected chi connectivity index (χ2v) is 6.93. The Hall–Kier alpha value is -2.31. The van der Waals surface area contributed by atoms with Crippen LogP contribution in [0, 0.1) is 13.8 Å². The summed E-state index contributed by atoms with van der Waals surface area (Å²) in [5, 5.41) is 12.8. The highest BCUT2D eigenvalue weighted by molar-refractivity contribution is 6.30. The minimum absolute atomic E-state index is 0.0925. The molecule has 2 heterocycles. The van der Waals surface area contributed by atoms with E-state index in [4.69, 9.17) is 23.2 Å². The molecule has 2 aromatic heterocycles. The zero-order chi connectivity index (χ0) is 18.7. The molecule has 0 saturated heterocycles. The topological polar surface area (TPSA) is 64.7 Å². The SMILES string of the molecule is Cc1nn(Cc2cccc(Cl)c2)c(C)c1NC(=O)CCn1cc(Cl)cn1. The molecular weight excluding hydrogens is 373 g/mol. The van der Waals surface area contributed by atoms with Gasteiger partial charge in [0.25, 0.3) is 0 Å². The summed E-state index contributed by atoms with van der Waals surface area (Å²) in [4.78, 5) is 12.3. The molecular formula is C18H19Cl2N5O. The van der Waals surface area contributed by atoms with Crippen molar-refractivity contribution in [3.8, 4) is 0 Å².